The van der Waals surface area contributed by atoms with Crippen molar-refractivity contribution in [3.8, 4) is 0 Å². The summed E-state index contributed by atoms with van der Waals surface area (Å²) in [5.41, 5.74) is 2.52. The molecule has 1 N–H and O–H groups in total. The molecule has 0 saturated heterocycles. The third-order valence-electron chi connectivity index (χ3n) is 4.92. The van der Waals surface area contributed by atoms with E-state index < -0.39 is 5.97 Å². The van der Waals surface area contributed by atoms with Gasteiger partial charge in [0.05, 0.1) is 0 Å². The van der Waals surface area contributed by atoms with Crippen LogP contribution in [-0.2, 0) is 10.2 Å². The zero-order valence-electron chi connectivity index (χ0n) is 14.6. The molecule has 124 valence electrons. The molecule has 0 aliphatic heterocycles. The Morgan fingerprint density at radius 3 is 2.25 bits per heavy atom. The first-order chi connectivity index (χ1) is 11.3. The molecule has 0 radical (unpaired) electrons. The van der Waals surface area contributed by atoms with Crippen LogP contribution in [0.4, 0.5) is 0 Å². The summed E-state index contributed by atoms with van der Waals surface area (Å²) in [4.78, 5) is 10.7. The maximum Gasteiger partial charge on any atom is 0.303 e. The first-order valence-corrected chi connectivity index (χ1v) is 8.52. The Kier molecular flexibility index (Phi) is 4.31. The van der Waals surface area contributed by atoms with E-state index in [9.17, 15) is 4.79 Å². The summed E-state index contributed by atoms with van der Waals surface area (Å²) < 4.78 is 0. The van der Waals surface area contributed by atoms with Crippen LogP contribution in [0, 0.1) is 6.92 Å². The third-order valence-corrected chi connectivity index (χ3v) is 4.92. The average Bonchev–Trinajstić information content (AvgIpc) is 2.51. The van der Waals surface area contributed by atoms with Crippen molar-refractivity contribution in [2.24, 2.45) is 0 Å². The molecule has 3 aromatic rings. The SMILES string of the molecule is Cc1ccc2cc3ccc(C(C)(C)CCCC(=O)O)cc3cc2c1. The lowest BCUT2D eigenvalue weighted by atomic mass is 9.79. The smallest absolute Gasteiger partial charge is 0.303 e. The van der Waals surface area contributed by atoms with Crippen molar-refractivity contribution in [3.05, 3.63) is 59.7 Å². The van der Waals surface area contributed by atoms with Crippen molar-refractivity contribution in [1.82, 2.24) is 0 Å². The molecular weight excluding hydrogens is 296 g/mol. The molecule has 0 amide bonds. The van der Waals surface area contributed by atoms with E-state index >= 15 is 0 Å². The molecule has 0 bridgehead atoms. The maximum absolute atomic E-state index is 10.7. The van der Waals surface area contributed by atoms with Crippen molar-refractivity contribution in [3.63, 3.8) is 0 Å². The molecule has 0 atom stereocenters. The Balaban J connectivity index is 1.97. The highest BCUT2D eigenvalue weighted by atomic mass is 16.4. The van der Waals surface area contributed by atoms with Gasteiger partial charge in [-0.15, -0.1) is 0 Å². The van der Waals surface area contributed by atoms with Gasteiger partial charge in [0.15, 0.2) is 0 Å². The molecule has 0 aromatic heterocycles. The van der Waals surface area contributed by atoms with Gasteiger partial charge in [-0.3, -0.25) is 4.79 Å². The van der Waals surface area contributed by atoms with E-state index in [-0.39, 0.29) is 11.8 Å². The van der Waals surface area contributed by atoms with Gasteiger partial charge >= 0.3 is 5.97 Å². The summed E-state index contributed by atoms with van der Waals surface area (Å²) in [6, 6.07) is 17.7. The van der Waals surface area contributed by atoms with Crippen LogP contribution in [0.3, 0.4) is 0 Å². The second-order valence-electron chi connectivity index (χ2n) is 7.40. The van der Waals surface area contributed by atoms with Gasteiger partial charge in [-0.2, -0.15) is 0 Å². The number of benzene rings is 3. The maximum atomic E-state index is 10.7. The van der Waals surface area contributed by atoms with Crippen LogP contribution in [0.1, 0.15) is 44.2 Å². The molecular formula is C22H24O2. The molecule has 0 fully saturated rings. The highest BCUT2D eigenvalue weighted by Gasteiger charge is 2.21. The zero-order chi connectivity index (χ0) is 17.3. The van der Waals surface area contributed by atoms with Crippen molar-refractivity contribution in [2.75, 3.05) is 0 Å². The summed E-state index contributed by atoms with van der Waals surface area (Å²) >= 11 is 0. The Morgan fingerprint density at radius 1 is 0.917 bits per heavy atom. The van der Waals surface area contributed by atoms with E-state index in [1.165, 1.54) is 32.7 Å². The van der Waals surface area contributed by atoms with E-state index in [2.05, 4.69) is 69.3 Å². The number of carboxylic acids is 1. The average molecular weight is 320 g/mol. The van der Waals surface area contributed by atoms with E-state index in [1.54, 1.807) is 0 Å². The molecule has 0 spiro atoms. The molecule has 3 aromatic carbocycles. The minimum Gasteiger partial charge on any atom is -0.481 e. The second kappa shape index (κ2) is 6.27. The number of rotatable bonds is 5. The van der Waals surface area contributed by atoms with Gasteiger partial charge in [0, 0.05) is 6.42 Å². The molecule has 0 aliphatic rings. The summed E-state index contributed by atoms with van der Waals surface area (Å²) in [5, 5.41) is 13.9. The standard InChI is InChI=1S/C22H24O2/c1-15-6-7-16-12-17-8-9-20(14-19(17)13-18(16)11-15)22(2,3)10-4-5-21(23)24/h6-9,11-14H,4-5,10H2,1-3H3,(H,23,24). The highest BCUT2D eigenvalue weighted by Crippen LogP contribution is 2.32. The van der Waals surface area contributed by atoms with Crippen LogP contribution in [0.5, 0.6) is 0 Å². The van der Waals surface area contributed by atoms with Gasteiger partial charge in [-0.05, 0) is 64.4 Å². The summed E-state index contributed by atoms with van der Waals surface area (Å²) in [6.45, 7) is 6.51. The van der Waals surface area contributed by atoms with E-state index in [0.29, 0.717) is 6.42 Å². The van der Waals surface area contributed by atoms with E-state index in [0.717, 1.165) is 6.42 Å². The molecule has 0 aliphatic carbocycles. The van der Waals surface area contributed by atoms with Crippen molar-refractivity contribution < 1.29 is 9.90 Å². The normalized spacial score (nSPS) is 12.0. The Morgan fingerprint density at radius 2 is 1.54 bits per heavy atom. The highest BCUT2D eigenvalue weighted by molar-refractivity contribution is 5.98. The lowest BCUT2D eigenvalue weighted by Crippen LogP contribution is -2.17. The van der Waals surface area contributed by atoms with Crippen molar-refractivity contribution in [1.29, 1.82) is 0 Å². The Labute approximate surface area is 143 Å². The van der Waals surface area contributed by atoms with Crippen LogP contribution in [-0.4, -0.2) is 11.1 Å². The predicted molar refractivity (Wildman–Crippen MR) is 101 cm³/mol. The third kappa shape index (κ3) is 3.43. The molecule has 2 nitrogen and oxygen atoms in total. The summed E-state index contributed by atoms with van der Waals surface area (Å²) in [6.07, 6.45) is 1.82. The summed E-state index contributed by atoms with van der Waals surface area (Å²) in [5.74, 6) is -0.717. The fourth-order valence-electron chi connectivity index (χ4n) is 3.36. The second-order valence-corrected chi connectivity index (χ2v) is 7.40. The Hall–Kier alpha value is -2.35. The topological polar surface area (TPSA) is 37.3 Å². The van der Waals surface area contributed by atoms with Gasteiger partial charge in [-0.25, -0.2) is 0 Å². The largest absolute Gasteiger partial charge is 0.481 e. The number of hydrogen-bond acceptors (Lipinski definition) is 1. The predicted octanol–water partition coefficient (Wildman–Crippen LogP) is 5.83. The van der Waals surface area contributed by atoms with Gasteiger partial charge in [0.1, 0.15) is 0 Å². The fraction of sp³-hybridized carbons (Fsp3) is 0.318. The molecule has 24 heavy (non-hydrogen) atoms. The number of aryl methyl sites for hydroxylation is 1. The van der Waals surface area contributed by atoms with Crippen LogP contribution in [0.2, 0.25) is 0 Å². The van der Waals surface area contributed by atoms with Crippen LogP contribution in [0.15, 0.2) is 48.5 Å². The van der Waals surface area contributed by atoms with E-state index in [4.69, 9.17) is 5.11 Å². The lowest BCUT2D eigenvalue weighted by Gasteiger charge is -2.25. The first-order valence-electron chi connectivity index (χ1n) is 8.52. The van der Waals surface area contributed by atoms with Crippen LogP contribution < -0.4 is 0 Å². The molecule has 3 rings (SSSR count). The molecule has 0 saturated carbocycles. The lowest BCUT2D eigenvalue weighted by molar-refractivity contribution is -0.137. The van der Waals surface area contributed by atoms with Crippen LogP contribution in [0.25, 0.3) is 21.5 Å². The van der Waals surface area contributed by atoms with Gasteiger partial charge < -0.3 is 5.11 Å². The Bertz CT molecular complexity index is 906. The van der Waals surface area contributed by atoms with E-state index in [1.807, 2.05) is 0 Å². The monoisotopic (exact) mass is 320 g/mol. The molecule has 2 heteroatoms. The minimum atomic E-state index is -0.717. The molecule has 0 unspecified atom stereocenters. The first kappa shape index (κ1) is 16.5. The minimum absolute atomic E-state index is 0.0226. The molecule has 0 heterocycles. The van der Waals surface area contributed by atoms with Crippen LogP contribution >= 0.6 is 0 Å². The number of fused-ring (bicyclic) bond motifs is 2. The number of aliphatic carboxylic acids is 1. The van der Waals surface area contributed by atoms with Gasteiger partial charge in [-0.1, -0.05) is 55.8 Å². The number of carboxylic acid groups (broad SMARTS) is 1. The van der Waals surface area contributed by atoms with Crippen molar-refractivity contribution in [2.45, 2.75) is 45.4 Å². The summed E-state index contributed by atoms with van der Waals surface area (Å²) in [7, 11) is 0. The van der Waals surface area contributed by atoms with Crippen molar-refractivity contribution >= 4 is 27.5 Å². The van der Waals surface area contributed by atoms with Gasteiger partial charge in [0.25, 0.3) is 0 Å². The van der Waals surface area contributed by atoms with Gasteiger partial charge in [0.2, 0.25) is 0 Å². The number of carbonyl (C=O) groups is 1. The quantitative estimate of drug-likeness (QED) is 0.600. The number of hydrogen-bond donors (Lipinski definition) is 1. The zero-order valence-corrected chi connectivity index (χ0v) is 14.6. The fourth-order valence-corrected chi connectivity index (χ4v) is 3.36.